The Morgan fingerprint density at radius 2 is 1.95 bits per heavy atom. The first-order valence-corrected chi connectivity index (χ1v) is 8.17. The molecule has 0 atom stereocenters. The Balaban J connectivity index is 2.20. The van der Waals surface area contributed by atoms with E-state index in [0.717, 1.165) is 11.6 Å². The summed E-state index contributed by atoms with van der Waals surface area (Å²) in [5, 5.41) is 5.17. The van der Waals surface area contributed by atoms with E-state index in [4.69, 9.17) is 11.6 Å². The molecule has 1 N–H and O–H groups in total. The molecule has 2 nitrogen and oxygen atoms in total. The average molecular weight is 321 g/mol. The molecule has 1 heterocycles. The molecule has 0 radical (unpaired) electrons. The highest BCUT2D eigenvalue weighted by atomic mass is 35.5. The van der Waals surface area contributed by atoms with E-state index < -0.39 is 0 Å². The zero-order chi connectivity index (χ0) is 15.5. The van der Waals surface area contributed by atoms with Crippen LogP contribution in [0.25, 0.3) is 0 Å². The maximum atomic E-state index is 5.88. The van der Waals surface area contributed by atoms with Gasteiger partial charge in [-0.25, -0.2) is 4.98 Å². The number of hydrogen-bond donors (Lipinski definition) is 1. The van der Waals surface area contributed by atoms with E-state index in [2.05, 4.69) is 56.2 Å². The van der Waals surface area contributed by atoms with Gasteiger partial charge >= 0.3 is 0 Å². The number of pyridine rings is 1. The first kappa shape index (κ1) is 16.3. The number of nitrogens with zero attached hydrogens (tertiary/aromatic N) is 1. The molecule has 0 amide bonds. The van der Waals surface area contributed by atoms with Crippen molar-refractivity contribution in [1.82, 2.24) is 10.3 Å². The van der Waals surface area contributed by atoms with Crippen LogP contribution >= 0.6 is 23.4 Å². The van der Waals surface area contributed by atoms with Crippen LogP contribution < -0.4 is 5.32 Å². The van der Waals surface area contributed by atoms with E-state index in [0.29, 0.717) is 5.02 Å². The molecule has 0 fully saturated rings. The largest absolute Gasteiger partial charge is 0.308 e. The molecular weight excluding hydrogens is 300 g/mol. The summed E-state index contributed by atoms with van der Waals surface area (Å²) in [5.74, 6) is 0. The van der Waals surface area contributed by atoms with Crippen LogP contribution in [0.2, 0.25) is 5.02 Å². The number of hydrogen-bond acceptors (Lipinski definition) is 3. The van der Waals surface area contributed by atoms with Crippen LogP contribution in [0.5, 0.6) is 0 Å². The minimum absolute atomic E-state index is 0.101. The van der Waals surface area contributed by atoms with Crippen LogP contribution in [-0.4, -0.2) is 10.5 Å². The molecule has 0 bridgehead atoms. The Morgan fingerprint density at radius 1 is 1.19 bits per heavy atom. The summed E-state index contributed by atoms with van der Waals surface area (Å²) in [6.45, 7) is 9.50. The van der Waals surface area contributed by atoms with E-state index in [1.807, 2.05) is 12.1 Å². The highest BCUT2D eigenvalue weighted by molar-refractivity contribution is 7.99. The standard InChI is InChI=1S/C17H21ClN2S/c1-12-5-7-15(13(9-12)10-20-17(2,3)4)21-16-8-6-14(18)11-19-16/h5-9,11,20H,10H2,1-4H3. The number of rotatable bonds is 4. The minimum Gasteiger partial charge on any atom is -0.308 e. The monoisotopic (exact) mass is 320 g/mol. The van der Waals surface area contributed by atoms with Gasteiger partial charge < -0.3 is 5.32 Å². The second-order valence-electron chi connectivity index (χ2n) is 6.13. The third-order valence-corrected chi connectivity index (χ3v) is 4.23. The summed E-state index contributed by atoms with van der Waals surface area (Å²) in [6.07, 6.45) is 1.69. The van der Waals surface area contributed by atoms with E-state index in [1.54, 1.807) is 18.0 Å². The third-order valence-electron chi connectivity index (χ3n) is 2.94. The lowest BCUT2D eigenvalue weighted by atomic mass is 10.1. The smallest absolute Gasteiger partial charge is 0.101 e. The van der Waals surface area contributed by atoms with Gasteiger partial charge in [-0.3, -0.25) is 0 Å². The molecule has 0 saturated heterocycles. The molecule has 4 heteroatoms. The second kappa shape index (κ2) is 6.82. The van der Waals surface area contributed by atoms with Crippen molar-refractivity contribution in [1.29, 1.82) is 0 Å². The van der Waals surface area contributed by atoms with E-state index in [-0.39, 0.29) is 5.54 Å². The summed E-state index contributed by atoms with van der Waals surface area (Å²) in [7, 11) is 0. The maximum Gasteiger partial charge on any atom is 0.101 e. The number of nitrogens with one attached hydrogen (secondary N) is 1. The minimum atomic E-state index is 0.101. The van der Waals surface area contributed by atoms with Crippen LogP contribution in [0.3, 0.4) is 0 Å². The molecule has 0 saturated carbocycles. The fourth-order valence-electron chi connectivity index (χ4n) is 1.84. The SMILES string of the molecule is Cc1ccc(Sc2ccc(Cl)cn2)c(CNC(C)(C)C)c1. The topological polar surface area (TPSA) is 24.9 Å². The fourth-order valence-corrected chi connectivity index (χ4v) is 2.82. The number of aromatic nitrogens is 1. The number of benzene rings is 1. The summed E-state index contributed by atoms with van der Waals surface area (Å²) < 4.78 is 0. The predicted molar refractivity (Wildman–Crippen MR) is 91.1 cm³/mol. The van der Waals surface area contributed by atoms with Gasteiger partial charge in [0.2, 0.25) is 0 Å². The van der Waals surface area contributed by atoms with Crippen molar-refractivity contribution in [3.8, 4) is 0 Å². The van der Waals surface area contributed by atoms with E-state index >= 15 is 0 Å². The lowest BCUT2D eigenvalue weighted by molar-refractivity contribution is 0.422. The van der Waals surface area contributed by atoms with E-state index in [9.17, 15) is 0 Å². The van der Waals surface area contributed by atoms with E-state index in [1.165, 1.54) is 16.0 Å². The van der Waals surface area contributed by atoms with Gasteiger partial charge in [-0.05, 0) is 51.5 Å². The van der Waals surface area contributed by atoms with Crippen molar-refractivity contribution in [2.45, 2.75) is 49.7 Å². The Kier molecular flexibility index (Phi) is 5.31. The summed E-state index contributed by atoms with van der Waals surface area (Å²) in [4.78, 5) is 5.59. The van der Waals surface area contributed by atoms with Crippen molar-refractivity contribution in [2.24, 2.45) is 0 Å². The number of aryl methyl sites for hydroxylation is 1. The average Bonchev–Trinajstić information content (AvgIpc) is 2.40. The maximum absolute atomic E-state index is 5.88. The molecule has 0 aliphatic carbocycles. The second-order valence-corrected chi connectivity index (χ2v) is 7.63. The first-order valence-electron chi connectivity index (χ1n) is 6.97. The lowest BCUT2D eigenvalue weighted by Gasteiger charge is -2.21. The fraction of sp³-hybridized carbons (Fsp3) is 0.353. The van der Waals surface area contributed by atoms with Gasteiger partial charge in [-0.1, -0.05) is 41.1 Å². The molecule has 21 heavy (non-hydrogen) atoms. The molecule has 2 aromatic rings. The van der Waals surface area contributed by atoms with Crippen molar-refractivity contribution in [2.75, 3.05) is 0 Å². The van der Waals surface area contributed by atoms with Crippen molar-refractivity contribution in [3.63, 3.8) is 0 Å². The summed E-state index contributed by atoms with van der Waals surface area (Å²) in [5.41, 5.74) is 2.67. The molecule has 0 spiro atoms. The van der Waals surface area contributed by atoms with Crippen LogP contribution in [-0.2, 0) is 6.54 Å². The van der Waals surface area contributed by atoms with Crippen LogP contribution in [0.4, 0.5) is 0 Å². The number of halogens is 1. The molecule has 1 aromatic carbocycles. The molecule has 1 aromatic heterocycles. The molecule has 0 unspecified atom stereocenters. The first-order chi connectivity index (χ1) is 9.83. The zero-order valence-electron chi connectivity index (χ0n) is 12.9. The predicted octanol–water partition coefficient (Wildman–Crippen LogP) is 5.08. The van der Waals surface area contributed by atoms with Crippen molar-refractivity contribution in [3.05, 3.63) is 52.7 Å². The van der Waals surface area contributed by atoms with Crippen molar-refractivity contribution >= 4 is 23.4 Å². The van der Waals surface area contributed by atoms with Gasteiger partial charge in [-0.2, -0.15) is 0 Å². The Morgan fingerprint density at radius 3 is 2.57 bits per heavy atom. The van der Waals surface area contributed by atoms with Crippen LogP contribution in [0, 0.1) is 6.92 Å². The van der Waals surface area contributed by atoms with Crippen molar-refractivity contribution < 1.29 is 0 Å². The van der Waals surface area contributed by atoms with Crippen LogP contribution in [0.15, 0.2) is 46.5 Å². The Hall–Kier alpha value is -1.03. The zero-order valence-corrected chi connectivity index (χ0v) is 14.5. The molecule has 0 aliphatic rings. The highest BCUT2D eigenvalue weighted by Gasteiger charge is 2.11. The molecular formula is C17H21ClN2S. The van der Waals surface area contributed by atoms with Gasteiger partial charge in [0.15, 0.2) is 0 Å². The van der Waals surface area contributed by atoms with Gasteiger partial charge in [0.1, 0.15) is 5.03 Å². The highest BCUT2D eigenvalue weighted by Crippen LogP contribution is 2.30. The molecule has 0 aliphatic heterocycles. The van der Waals surface area contributed by atoms with Gasteiger partial charge in [0.05, 0.1) is 5.02 Å². The summed E-state index contributed by atoms with van der Waals surface area (Å²) in [6, 6.07) is 10.4. The normalized spacial score (nSPS) is 11.7. The molecule has 2 rings (SSSR count). The quantitative estimate of drug-likeness (QED) is 0.850. The lowest BCUT2D eigenvalue weighted by Crippen LogP contribution is -2.35. The summed E-state index contributed by atoms with van der Waals surface area (Å²) >= 11 is 7.56. The third kappa shape index (κ3) is 5.34. The van der Waals surface area contributed by atoms with Gasteiger partial charge in [0, 0.05) is 23.2 Å². The Bertz CT molecular complexity index is 603. The Labute approximate surface area is 136 Å². The van der Waals surface area contributed by atoms with Gasteiger partial charge in [-0.15, -0.1) is 0 Å². The molecule has 112 valence electrons. The van der Waals surface area contributed by atoms with Gasteiger partial charge in [0.25, 0.3) is 0 Å². The van der Waals surface area contributed by atoms with Crippen LogP contribution in [0.1, 0.15) is 31.9 Å².